The lowest BCUT2D eigenvalue weighted by atomic mass is 10.2. The predicted molar refractivity (Wildman–Crippen MR) is 68.7 cm³/mol. The van der Waals surface area contributed by atoms with Gasteiger partial charge in [0.2, 0.25) is 5.91 Å². The zero-order valence-electron chi connectivity index (χ0n) is 11.2. The van der Waals surface area contributed by atoms with Crippen LogP contribution < -0.4 is 5.43 Å². The first-order chi connectivity index (χ1) is 8.41. The van der Waals surface area contributed by atoms with E-state index in [-0.39, 0.29) is 24.3 Å². The number of rotatable bonds is 3. The van der Waals surface area contributed by atoms with Crippen molar-refractivity contribution in [1.29, 1.82) is 0 Å². The van der Waals surface area contributed by atoms with E-state index >= 15 is 0 Å². The van der Waals surface area contributed by atoms with Gasteiger partial charge in [-0.2, -0.15) is 0 Å². The molecule has 98 valence electrons. The van der Waals surface area contributed by atoms with Crippen LogP contribution in [0.1, 0.15) is 31.7 Å². The van der Waals surface area contributed by atoms with Crippen LogP contribution in [-0.2, 0) is 9.59 Å². The van der Waals surface area contributed by atoms with Crippen LogP contribution in [0.3, 0.4) is 0 Å². The second-order valence-corrected chi connectivity index (χ2v) is 5.03. The van der Waals surface area contributed by atoms with Gasteiger partial charge in [-0.05, 0) is 39.8 Å². The van der Waals surface area contributed by atoms with Crippen molar-refractivity contribution in [3.63, 3.8) is 0 Å². The highest BCUT2D eigenvalue weighted by Gasteiger charge is 2.40. The summed E-state index contributed by atoms with van der Waals surface area (Å²) in [4.78, 5) is 25.3. The minimum atomic E-state index is -0.454. The van der Waals surface area contributed by atoms with Gasteiger partial charge < -0.3 is 5.43 Å². The van der Waals surface area contributed by atoms with Gasteiger partial charge in [0.1, 0.15) is 6.04 Å². The van der Waals surface area contributed by atoms with Crippen molar-refractivity contribution in [2.45, 2.75) is 46.2 Å². The van der Waals surface area contributed by atoms with Gasteiger partial charge in [0.15, 0.2) is 0 Å². The van der Waals surface area contributed by atoms with Crippen LogP contribution in [0, 0.1) is 13.8 Å². The normalized spacial score (nSPS) is 20.1. The van der Waals surface area contributed by atoms with Crippen molar-refractivity contribution in [1.82, 2.24) is 9.58 Å². The van der Waals surface area contributed by atoms with Crippen molar-refractivity contribution in [2.75, 3.05) is 5.43 Å². The second-order valence-electron chi connectivity index (χ2n) is 5.03. The fourth-order valence-corrected chi connectivity index (χ4v) is 2.32. The van der Waals surface area contributed by atoms with E-state index in [1.54, 1.807) is 0 Å². The maximum atomic E-state index is 12.1. The number of imide groups is 1. The molecule has 1 aromatic rings. The van der Waals surface area contributed by atoms with Gasteiger partial charge in [-0.25, -0.2) is 0 Å². The average Bonchev–Trinajstić information content (AvgIpc) is 2.73. The summed E-state index contributed by atoms with van der Waals surface area (Å²) in [5.41, 5.74) is 5.17. The van der Waals surface area contributed by atoms with E-state index in [4.69, 9.17) is 0 Å². The number of hydrogen-bond acceptors (Lipinski definition) is 3. The van der Waals surface area contributed by atoms with Crippen LogP contribution in [0.25, 0.3) is 0 Å². The topological polar surface area (TPSA) is 54.3 Å². The third-order valence-electron chi connectivity index (χ3n) is 3.26. The third-order valence-corrected chi connectivity index (χ3v) is 3.26. The van der Waals surface area contributed by atoms with Crippen molar-refractivity contribution < 1.29 is 9.59 Å². The minimum Gasteiger partial charge on any atom is -0.313 e. The van der Waals surface area contributed by atoms with Gasteiger partial charge >= 0.3 is 0 Å². The highest BCUT2D eigenvalue weighted by atomic mass is 16.2. The molecule has 1 aliphatic rings. The minimum absolute atomic E-state index is 0.0799. The Balaban J connectivity index is 2.17. The fraction of sp³-hybridized carbons (Fsp3) is 0.538. The highest BCUT2D eigenvalue weighted by Crippen LogP contribution is 2.18. The number of likely N-dealkylation sites (tertiary alicyclic amines) is 1. The molecule has 0 bridgehead atoms. The lowest BCUT2D eigenvalue weighted by Crippen LogP contribution is -2.41. The maximum absolute atomic E-state index is 12.1. The largest absolute Gasteiger partial charge is 0.313 e. The summed E-state index contributed by atoms with van der Waals surface area (Å²) >= 11 is 0. The van der Waals surface area contributed by atoms with Crippen molar-refractivity contribution in [2.24, 2.45) is 0 Å². The zero-order valence-corrected chi connectivity index (χ0v) is 11.2. The lowest BCUT2D eigenvalue weighted by Gasteiger charge is -2.20. The summed E-state index contributed by atoms with van der Waals surface area (Å²) in [5, 5.41) is 0. The molecule has 1 fully saturated rings. The molecule has 0 radical (unpaired) electrons. The van der Waals surface area contributed by atoms with E-state index in [2.05, 4.69) is 5.43 Å². The monoisotopic (exact) mass is 249 g/mol. The summed E-state index contributed by atoms with van der Waals surface area (Å²) in [7, 11) is 0. The van der Waals surface area contributed by atoms with Crippen molar-refractivity contribution in [3.05, 3.63) is 23.5 Å². The Bertz CT molecular complexity index is 471. The molecule has 0 spiro atoms. The van der Waals surface area contributed by atoms with Crippen LogP contribution in [0.5, 0.6) is 0 Å². The number of amides is 2. The summed E-state index contributed by atoms with van der Waals surface area (Å²) in [5.74, 6) is -0.238. The van der Waals surface area contributed by atoms with Crippen LogP contribution in [0.15, 0.2) is 12.1 Å². The SMILES string of the molecule is Cc1ccc(C)n1NC1CC(=O)N(C(C)C)C1=O. The van der Waals surface area contributed by atoms with Crippen molar-refractivity contribution in [3.8, 4) is 0 Å². The molecule has 1 unspecified atom stereocenters. The quantitative estimate of drug-likeness (QED) is 0.819. The number of hydrogen-bond donors (Lipinski definition) is 1. The number of nitrogens with zero attached hydrogens (tertiary/aromatic N) is 2. The predicted octanol–water partition coefficient (Wildman–Crippen LogP) is 1.18. The van der Waals surface area contributed by atoms with Crippen LogP contribution >= 0.6 is 0 Å². The summed E-state index contributed by atoms with van der Waals surface area (Å²) < 4.78 is 1.86. The van der Waals surface area contributed by atoms with Gasteiger partial charge in [0, 0.05) is 17.4 Å². The molecule has 1 aliphatic heterocycles. The molecule has 5 heteroatoms. The zero-order chi connectivity index (χ0) is 13.4. The van der Waals surface area contributed by atoms with Crippen LogP contribution in [-0.4, -0.2) is 33.5 Å². The summed E-state index contributed by atoms with van der Waals surface area (Å²) in [6.07, 6.45) is 0.230. The Labute approximate surface area is 107 Å². The fourth-order valence-electron chi connectivity index (χ4n) is 2.32. The van der Waals surface area contributed by atoms with Gasteiger partial charge in [-0.3, -0.25) is 19.2 Å². The Morgan fingerprint density at radius 3 is 2.22 bits per heavy atom. The Morgan fingerprint density at radius 2 is 1.78 bits per heavy atom. The van der Waals surface area contributed by atoms with E-state index in [0.717, 1.165) is 11.4 Å². The molecule has 2 heterocycles. The molecule has 0 aliphatic carbocycles. The molecule has 1 aromatic heterocycles. The number of carbonyl (C=O) groups is 2. The number of aromatic nitrogens is 1. The van der Waals surface area contributed by atoms with Crippen LogP contribution in [0.2, 0.25) is 0 Å². The van der Waals surface area contributed by atoms with Gasteiger partial charge in [0.05, 0.1) is 6.42 Å². The third kappa shape index (κ3) is 2.00. The molecule has 0 aromatic carbocycles. The first-order valence-electron chi connectivity index (χ1n) is 6.19. The molecule has 0 saturated carbocycles. The van der Waals surface area contributed by atoms with Crippen molar-refractivity contribution >= 4 is 11.8 Å². The average molecular weight is 249 g/mol. The molecular weight excluding hydrogens is 230 g/mol. The van der Waals surface area contributed by atoms with E-state index < -0.39 is 6.04 Å². The highest BCUT2D eigenvalue weighted by molar-refractivity contribution is 6.06. The Hall–Kier alpha value is -1.78. The summed E-state index contributed by atoms with van der Waals surface area (Å²) in [6, 6.07) is 3.42. The van der Waals surface area contributed by atoms with E-state index in [1.165, 1.54) is 4.90 Å². The molecular formula is C13H19N3O2. The first kappa shape index (κ1) is 12.7. The van der Waals surface area contributed by atoms with E-state index in [9.17, 15) is 9.59 Å². The molecule has 1 atom stereocenters. The molecule has 18 heavy (non-hydrogen) atoms. The standard InChI is InChI=1S/C13H19N3O2/c1-8(2)15-12(17)7-11(13(15)18)14-16-9(3)5-6-10(16)4/h5-6,8,11,14H,7H2,1-4H3. The molecule has 1 N–H and O–H groups in total. The number of nitrogens with one attached hydrogen (secondary N) is 1. The second kappa shape index (κ2) is 4.48. The van der Waals surface area contributed by atoms with Crippen LogP contribution in [0.4, 0.5) is 0 Å². The lowest BCUT2D eigenvalue weighted by molar-refractivity contribution is -0.140. The maximum Gasteiger partial charge on any atom is 0.254 e. The number of carbonyl (C=O) groups excluding carboxylic acids is 2. The molecule has 2 rings (SSSR count). The van der Waals surface area contributed by atoms with Gasteiger partial charge in [0.25, 0.3) is 5.91 Å². The van der Waals surface area contributed by atoms with Gasteiger partial charge in [-0.15, -0.1) is 0 Å². The van der Waals surface area contributed by atoms with E-state index in [0.29, 0.717) is 0 Å². The summed E-state index contributed by atoms with van der Waals surface area (Å²) in [6.45, 7) is 7.62. The smallest absolute Gasteiger partial charge is 0.254 e. The number of aryl methyl sites for hydroxylation is 2. The first-order valence-corrected chi connectivity index (χ1v) is 6.19. The van der Waals surface area contributed by atoms with E-state index in [1.807, 2.05) is 44.5 Å². The molecule has 1 saturated heterocycles. The Morgan fingerprint density at radius 1 is 1.22 bits per heavy atom. The Kier molecular flexibility index (Phi) is 3.15. The van der Waals surface area contributed by atoms with Gasteiger partial charge in [-0.1, -0.05) is 0 Å². The molecule has 2 amide bonds. The molecule has 5 nitrogen and oxygen atoms in total.